The molecule has 3 aromatic rings. The maximum absolute atomic E-state index is 12.9. The van der Waals surface area contributed by atoms with E-state index in [1.54, 1.807) is 19.2 Å². The van der Waals surface area contributed by atoms with Gasteiger partial charge >= 0.3 is 0 Å². The molecule has 0 aliphatic carbocycles. The molecule has 0 unspecified atom stereocenters. The number of hydrogen-bond donors (Lipinski definition) is 1. The summed E-state index contributed by atoms with van der Waals surface area (Å²) in [4.78, 5) is 16.5. The number of halogens is 2. The van der Waals surface area contributed by atoms with Crippen LogP contribution in [0.2, 0.25) is 10.0 Å². The van der Waals surface area contributed by atoms with E-state index in [-0.39, 0.29) is 5.43 Å². The molecule has 146 valence electrons. The minimum absolute atomic E-state index is 0.0645. The summed E-state index contributed by atoms with van der Waals surface area (Å²) in [6, 6.07) is 11.2. The normalized spacial score (nSPS) is 15.2. The van der Waals surface area contributed by atoms with Crippen LogP contribution in [-0.2, 0) is 6.54 Å². The number of ether oxygens (including phenoxy) is 1. The molecule has 0 spiro atoms. The van der Waals surface area contributed by atoms with Crippen LogP contribution in [-0.4, -0.2) is 33.3 Å². The zero-order valence-corrected chi connectivity index (χ0v) is 17.0. The molecular formula is C21H21Cl2N2O3+. The number of quaternary nitrogens is 1. The summed E-state index contributed by atoms with van der Waals surface area (Å²) in [5, 5.41) is 1.21. The van der Waals surface area contributed by atoms with Gasteiger partial charge in [0.2, 0.25) is 5.43 Å². The molecule has 4 rings (SSSR count). The average molecular weight is 420 g/mol. The number of methoxy groups -OCH3 is 1. The van der Waals surface area contributed by atoms with Gasteiger partial charge in [-0.3, -0.25) is 4.79 Å². The van der Waals surface area contributed by atoms with E-state index in [1.807, 2.05) is 18.2 Å². The molecule has 1 fully saturated rings. The Morgan fingerprint density at radius 3 is 2.68 bits per heavy atom. The van der Waals surface area contributed by atoms with Crippen LogP contribution in [0.4, 0.5) is 5.69 Å². The molecule has 0 atom stereocenters. The van der Waals surface area contributed by atoms with Gasteiger partial charge in [-0.1, -0.05) is 35.3 Å². The topological polar surface area (TPSA) is 47.1 Å². The highest BCUT2D eigenvalue weighted by atomic mass is 35.5. The molecular weight excluding hydrogens is 399 g/mol. The first-order chi connectivity index (χ1) is 13.6. The van der Waals surface area contributed by atoms with E-state index in [0.717, 1.165) is 37.6 Å². The standard InChI is InChI=1S/C21H20Cl2N2O3/c1-27-19-5-3-2-4-18(19)25-8-6-24(7-9-25)12-14-13-28-21-16(20(14)26)10-15(22)11-17(21)23/h2-5,10-11,13H,6-9,12H2,1H3/p+1. The molecule has 2 aromatic carbocycles. The van der Waals surface area contributed by atoms with Crippen molar-refractivity contribution >= 4 is 39.9 Å². The molecule has 28 heavy (non-hydrogen) atoms. The number of piperazine rings is 1. The minimum Gasteiger partial charge on any atom is -0.495 e. The third kappa shape index (κ3) is 3.70. The average Bonchev–Trinajstić information content (AvgIpc) is 2.71. The summed E-state index contributed by atoms with van der Waals surface area (Å²) in [7, 11) is 1.69. The van der Waals surface area contributed by atoms with Crippen molar-refractivity contribution in [3.63, 3.8) is 0 Å². The molecule has 1 aliphatic rings. The first-order valence-corrected chi connectivity index (χ1v) is 9.93. The number of rotatable bonds is 4. The van der Waals surface area contributed by atoms with E-state index in [2.05, 4.69) is 11.0 Å². The van der Waals surface area contributed by atoms with Crippen LogP contribution in [0.5, 0.6) is 5.75 Å². The van der Waals surface area contributed by atoms with Crippen LogP contribution in [0, 0.1) is 0 Å². The predicted octanol–water partition coefficient (Wildman–Crippen LogP) is 3.01. The second-order valence-corrected chi connectivity index (χ2v) is 7.78. The van der Waals surface area contributed by atoms with Crippen LogP contribution < -0.4 is 20.0 Å². The number of anilines is 1. The molecule has 2 heterocycles. The van der Waals surface area contributed by atoms with Gasteiger partial charge in [0.25, 0.3) is 0 Å². The van der Waals surface area contributed by atoms with E-state index in [4.69, 9.17) is 32.4 Å². The fourth-order valence-corrected chi connectivity index (χ4v) is 4.27. The Balaban J connectivity index is 1.49. The SMILES string of the molecule is COc1ccccc1N1CC[NH+](Cc2coc3c(Cl)cc(Cl)cc3c2=O)CC1. The van der Waals surface area contributed by atoms with Gasteiger partial charge in [0.05, 0.1) is 54.9 Å². The van der Waals surface area contributed by atoms with Gasteiger partial charge in [-0.25, -0.2) is 0 Å². The second-order valence-electron chi connectivity index (χ2n) is 6.94. The van der Waals surface area contributed by atoms with Crippen molar-refractivity contribution in [2.24, 2.45) is 0 Å². The van der Waals surface area contributed by atoms with Gasteiger partial charge in [-0.05, 0) is 24.3 Å². The van der Waals surface area contributed by atoms with Gasteiger partial charge in [-0.2, -0.15) is 0 Å². The molecule has 1 saturated heterocycles. The highest BCUT2D eigenvalue weighted by Crippen LogP contribution is 2.28. The number of nitrogens with zero attached hydrogens (tertiary/aromatic N) is 1. The minimum atomic E-state index is -0.0645. The third-order valence-electron chi connectivity index (χ3n) is 5.20. The Labute approximate surface area is 173 Å². The van der Waals surface area contributed by atoms with Crippen LogP contribution in [0.1, 0.15) is 5.56 Å². The fourth-order valence-electron chi connectivity index (χ4n) is 3.73. The predicted molar refractivity (Wildman–Crippen MR) is 112 cm³/mol. The Bertz CT molecular complexity index is 1060. The molecule has 0 bridgehead atoms. The number of benzene rings is 2. The third-order valence-corrected chi connectivity index (χ3v) is 5.70. The molecule has 0 amide bonds. The Kier molecular flexibility index (Phi) is 5.49. The molecule has 7 heteroatoms. The highest BCUT2D eigenvalue weighted by Gasteiger charge is 2.23. The van der Waals surface area contributed by atoms with Crippen LogP contribution >= 0.6 is 23.2 Å². The summed E-state index contributed by atoms with van der Waals surface area (Å²) >= 11 is 12.2. The lowest BCUT2D eigenvalue weighted by atomic mass is 10.1. The molecule has 1 aromatic heterocycles. The van der Waals surface area contributed by atoms with Crippen molar-refractivity contribution in [1.82, 2.24) is 0 Å². The number of nitrogens with one attached hydrogen (secondary N) is 1. The Morgan fingerprint density at radius 1 is 1.18 bits per heavy atom. The summed E-state index contributed by atoms with van der Waals surface area (Å²) in [6.07, 6.45) is 1.53. The zero-order valence-electron chi connectivity index (χ0n) is 15.5. The monoisotopic (exact) mass is 419 g/mol. The Hall–Kier alpha value is -2.21. The molecule has 5 nitrogen and oxygen atoms in total. The van der Waals surface area contributed by atoms with Crippen molar-refractivity contribution in [1.29, 1.82) is 0 Å². The summed E-state index contributed by atoms with van der Waals surface area (Å²) in [6.45, 7) is 4.25. The number of hydrogen-bond acceptors (Lipinski definition) is 4. The van der Waals surface area contributed by atoms with Crippen molar-refractivity contribution < 1.29 is 14.1 Å². The zero-order chi connectivity index (χ0) is 19.7. The fraction of sp³-hybridized carbons (Fsp3) is 0.286. The Morgan fingerprint density at radius 2 is 1.93 bits per heavy atom. The number of fused-ring (bicyclic) bond motifs is 1. The quantitative estimate of drug-likeness (QED) is 0.705. The lowest BCUT2D eigenvalue weighted by Gasteiger charge is -2.34. The van der Waals surface area contributed by atoms with Gasteiger partial charge in [0.15, 0.2) is 5.58 Å². The molecule has 1 N–H and O–H groups in total. The smallest absolute Gasteiger partial charge is 0.201 e. The van der Waals surface area contributed by atoms with Crippen molar-refractivity contribution in [2.45, 2.75) is 6.54 Å². The van der Waals surface area contributed by atoms with Gasteiger partial charge in [0.1, 0.15) is 18.6 Å². The maximum atomic E-state index is 12.9. The number of para-hydroxylation sites is 2. The van der Waals surface area contributed by atoms with Crippen LogP contribution in [0.25, 0.3) is 11.0 Å². The summed E-state index contributed by atoms with van der Waals surface area (Å²) in [5.74, 6) is 0.884. The second kappa shape index (κ2) is 8.03. The largest absolute Gasteiger partial charge is 0.495 e. The van der Waals surface area contributed by atoms with E-state index < -0.39 is 0 Å². The van der Waals surface area contributed by atoms with E-state index in [1.165, 1.54) is 11.2 Å². The van der Waals surface area contributed by atoms with E-state index in [9.17, 15) is 4.79 Å². The molecule has 0 radical (unpaired) electrons. The van der Waals surface area contributed by atoms with E-state index >= 15 is 0 Å². The lowest BCUT2D eigenvalue weighted by molar-refractivity contribution is -0.914. The van der Waals surface area contributed by atoms with Crippen LogP contribution in [0.3, 0.4) is 0 Å². The van der Waals surface area contributed by atoms with Crippen molar-refractivity contribution in [3.8, 4) is 5.75 Å². The van der Waals surface area contributed by atoms with Gasteiger partial charge < -0.3 is 19.0 Å². The maximum Gasteiger partial charge on any atom is 0.201 e. The summed E-state index contributed by atoms with van der Waals surface area (Å²) < 4.78 is 11.1. The van der Waals surface area contributed by atoms with Crippen LogP contribution in [0.15, 0.2) is 51.9 Å². The molecule has 0 saturated carbocycles. The first kappa shape index (κ1) is 19.1. The highest BCUT2D eigenvalue weighted by molar-refractivity contribution is 6.38. The van der Waals surface area contributed by atoms with Gasteiger partial charge in [0, 0.05) is 5.02 Å². The summed E-state index contributed by atoms with van der Waals surface area (Å²) in [5.41, 5.74) is 2.08. The van der Waals surface area contributed by atoms with Gasteiger partial charge in [-0.15, -0.1) is 0 Å². The lowest BCUT2D eigenvalue weighted by Crippen LogP contribution is -3.13. The van der Waals surface area contributed by atoms with Crippen molar-refractivity contribution in [3.05, 3.63) is 68.5 Å². The van der Waals surface area contributed by atoms with E-state index in [0.29, 0.717) is 33.1 Å². The van der Waals surface area contributed by atoms with Crippen molar-refractivity contribution in [2.75, 3.05) is 38.2 Å². The molecule has 1 aliphatic heterocycles. The first-order valence-electron chi connectivity index (χ1n) is 9.18.